The quantitative estimate of drug-likeness (QED) is 0.512. The Hall–Kier alpha value is -1.56. The van der Waals surface area contributed by atoms with Gasteiger partial charge in [0.2, 0.25) is 0 Å². The molecule has 1 N–H and O–H groups in total. The van der Waals surface area contributed by atoms with Gasteiger partial charge in [-0.15, -0.1) is 5.73 Å². The maximum atomic E-state index is 3.98. The fourth-order valence-corrected chi connectivity index (χ4v) is 3.02. The monoisotopic (exact) mass is 295 g/mol. The molecule has 1 heteroatoms. The van der Waals surface area contributed by atoms with Crippen LogP contribution in [0.1, 0.15) is 45.1 Å². The maximum absolute atomic E-state index is 3.98. The summed E-state index contributed by atoms with van der Waals surface area (Å²) in [7, 11) is 2.02. The Bertz CT molecular complexity index is 557. The van der Waals surface area contributed by atoms with Crippen LogP contribution in [0.5, 0.6) is 0 Å². The number of rotatable bonds is 8. The van der Waals surface area contributed by atoms with Crippen molar-refractivity contribution in [2.24, 2.45) is 11.8 Å². The average molecular weight is 295 g/mol. The van der Waals surface area contributed by atoms with E-state index in [0.717, 1.165) is 18.9 Å². The number of benzene rings is 1. The van der Waals surface area contributed by atoms with Crippen molar-refractivity contribution in [3.8, 4) is 0 Å². The van der Waals surface area contributed by atoms with Crippen molar-refractivity contribution in [1.29, 1.82) is 0 Å². The molecule has 1 saturated carbocycles. The Balaban J connectivity index is 2.32. The normalized spacial score (nSPS) is 16.7. The van der Waals surface area contributed by atoms with Gasteiger partial charge in [0.05, 0.1) is 0 Å². The summed E-state index contributed by atoms with van der Waals surface area (Å²) in [6.45, 7) is 9.57. The van der Waals surface area contributed by atoms with Crippen molar-refractivity contribution in [3.63, 3.8) is 0 Å². The topological polar surface area (TPSA) is 12.0 Å². The minimum absolute atomic E-state index is 0.534. The minimum Gasteiger partial charge on any atom is -0.319 e. The molecule has 0 amide bonds. The van der Waals surface area contributed by atoms with E-state index in [9.17, 15) is 0 Å². The molecule has 1 aromatic carbocycles. The van der Waals surface area contributed by atoms with Gasteiger partial charge in [-0.25, -0.2) is 0 Å². The molecule has 0 bridgehead atoms. The predicted molar refractivity (Wildman–Crippen MR) is 96.7 cm³/mol. The van der Waals surface area contributed by atoms with Crippen molar-refractivity contribution in [2.45, 2.75) is 39.5 Å². The standard InChI is InChI=1S/C21H29N/c1-5-20(19-9-7-6-8-10-19)21(14-13-18-11-12-18)17(3)16(2)15-22-4/h6-10,16,18,22H,1,11-15H2,2-4H3/b21-17+. The summed E-state index contributed by atoms with van der Waals surface area (Å²) in [4.78, 5) is 0. The molecule has 1 atom stereocenters. The third-order valence-corrected chi connectivity index (χ3v) is 4.77. The Labute approximate surface area is 135 Å². The first-order valence-corrected chi connectivity index (χ1v) is 8.47. The van der Waals surface area contributed by atoms with Gasteiger partial charge < -0.3 is 5.32 Å². The van der Waals surface area contributed by atoms with Crippen LogP contribution in [0.2, 0.25) is 0 Å². The summed E-state index contributed by atoms with van der Waals surface area (Å²) in [5.74, 6) is 1.48. The van der Waals surface area contributed by atoms with Gasteiger partial charge in [-0.1, -0.05) is 62.2 Å². The lowest BCUT2D eigenvalue weighted by atomic mass is 9.86. The van der Waals surface area contributed by atoms with Gasteiger partial charge in [0.25, 0.3) is 0 Å². The molecule has 0 heterocycles. The Morgan fingerprint density at radius 2 is 2.00 bits per heavy atom. The van der Waals surface area contributed by atoms with Crippen molar-refractivity contribution in [1.82, 2.24) is 5.32 Å². The molecule has 0 spiro atoms. The highest BCUT2D eigenvalue weighted by Crippen LogP contribution is 2.38. The summed E-state index contributed by atoms with van der Waals surface area (Å²) in [5.41, 5.74) is 8.59. The number of hydrogen-bond acceptors (Lipinski definition) is 1. The summed E-state index contributed by atoms with van der Waals surface area (Å²) >= 11 is 0. The molecular weight excluding hydrogens is 266 g/mol. The molecule has 0 saturated heterocycles. The molecule has 1 fully saturated rings. The SMILES string of the molecule is C=C=C(/C(CCC1CC1)=C(\C)C(C)CNC)c1ccccc1. The Kier molecular flexibility index (Phi) is 6.24. The summed E-state index contributed by atoms with van der Waals surface area (Å²) in [6, 6.07) is 10.6. The molecule has 1 nitrogen and oxygen atoms in total. The zero-order chi connectivity index (χ0) is 15.9. The largest absolute Gasteiger partial charge is 0.319 e. The molecule has 0 aliphatic heterocycles. The smallest absolute Gasteiger partial charge is 0.0262 e. The first-order chi connectivity index (χ1) is 10.7. The van der Waals surface area contributed by atoms with Crippen LogP contribution in [-0.2, 0) is 0 Å². The number of allylic oxidation sites excluding steroid dienone is 2. The molecule has 1 unspecified atom stereocenters. The molecule has 1 aliphatic carbocycles. The Morgan fingerprint density at radius 3 is 2.55 bits per heavy atom. The van der Waals surface area contributed by atoms with Crippen LogP contribution < -0.4 is 5.32 Å². The van der Waals surface area contributed by atoms with Gasteiger partial charge in [-0.05, 0) is 49.8 Å². The van der Waals surface area contributed by atoms with Gasteiger partial charge in [0.1, 0.15) is 0 Å². The van der Waals surface area contributed by atoms with Gasteiger partial charge in [-0.3, -0.25) is 0 Å². The fraction of sp³-hybridized carbons (Fsp3) is 0.476. The Morgan fingerprint density at radius 1 is 1.32 bits per heavy atom. The second-order valence-corrected chi connectivity index (χ2v) is 6.52. The van der Waals surface area contributed by atoms with E-state index in [1.165, 1.54) is 41.5 Å². The highest BCUT2D eigenvalue weighted by molar-refractivity contribution is 5.79. The van der Waals surface area contributed by atoms with E-state index in [0.29, 0.717) is 5.92 Å². The van der Waals surface area contributed by atoms with Crippen LogP contribution in [0.25, 0.3) is 5.57 Å². The van der Waals surface area contributed by atoms with E-state index in [4.69, 9.17) is 0 Å². The molecular formula is C21H29N. The zero-order valence-electron chi connectivity index (χ0n) is 14.3. The van der Waals surface area contributed by atoms with Gasteiger partial charge in [-0.2, -0.15) is 0 Å². The van der Waals surface area contributed by atoms with E-state index in [-0.39, 0.29) is 0 Å². The van der Waals surface area contributed by atoms with Crippen LogP contribution in [0.4, 0.5) is 0 Å². The molecule has 0 aromatic heterocycles. The number of nitrogens with one attached hydrogen (secondary N) is 1. The minimum atomic E-state index is 0.534. The van der Waals surface area contributed by atoms with E-state index in [1.807, 2.05) is 7.05 Å². The van der Waals surface area contributed by atoms with Crippen LogP contribution >= 0.6 is 0 Å². The van der Waals surface area contributed by atoms with E-state index in [1.54, 1.807) is 0 Å². The summed E-state index contributed by atoms with van der Waals surface area (Å²) in [5, 5.41) is 3.30. The third kappa shape index (κ3) is 4.47. The van der Waals surface area contributed by atoms with Crippen LogP contribution in [0.15, 0.2) is 53.8 Å². The second-order valence-electron chi connectivity index (χ2n) is 6.52. The lowest BCUT2D eigenvalue weighted by Crippen LogP contribution is -2.18. The van der Waals surface area contributed by atoms with Crippen LogP contribution in [0, 0.1) is 11.8 Å². The van der Waals surface area contributed by atoms with E-state index in [2.05, 4.69) is 61.8 Å². The third-order valence-electron chi connectivity index (χ3n) is 4.77. The van der Waals surface area contributed by atoms with E-state index >= 15 is 0 Å². The molecule has 2 rings (SSSR count). The second kappa shape index (κ2) is 8.17. The van der Waals surface area contributed by atoms with Gasteiger partial charge in [0, 0.05) is 12.1 Å². The number of hydrogen-bond donors (Lipinski definition) is 1. The van der Waals surface area contributed by atoms with Crippen LogP contribution in [0.3, 0.4) is 0 Å². The first kappa shape index (κ1) is 16.8. The van der Waals surface area contributed by atoms with Crippen LogP contribution in [-0.4, -0.2) is 13.6 Å². The zero-order valence-corrected chi connectivity index (χ0v) is 14.3. The van der Waals surface area contributed by atoms with Crippen molar-refractivity contribution >= 4 is 5.57 Å². The van der Waals surface area contributed by atoms with Crippen molar-refractivity contribution < 1.29 is 0 Å². The highest BCUT2D eigenvalue weighted by Gasteiger charge is 2.23. The van der Waals surface area contributed by atoms with E-state index < -0.39 is 0 Å². The van der Waals surface area contributed by atoms with Crippen molar-refractivity contribution in [3.05, 3.63) is 59.4 Å². The summed E-state index contributed by atoms with van der Waals surface area (Å²) < 4.78 is 0. The van der Waals surface area contributed by atoms with Crippen molar-refractivity contribution in [2.75, 3.05) is 13.6 Å². The first-order valence-electron chi connectivity index (χ1n) is 8.47. The average Bonchev–Trinajstić information content (AvgIpc) is 3.36. The molecule has 0 radical (unpaired) electrons. The van der Waals surface area contributed by atoms with Gasteiger partial charge >= 0.3 is 0 Å². The molecule has 1 aromatic rings. The lowest BCUT2D eigenvalue weighted by molar-refractivity contribution is 0.608. The summed E-state index contributed by atoms with van der Waals surface area (Å²) in [6.07, 6.45) is 5.28. The fourth-order valence-electron chi connectivity index (χ4n) is 3.02. The predicted octanol–water partition coefficient (Wildman–Crippen LogP) is 5.22. The molecule has 1 aliphatic rings. The highest BCUT2D eigenvalue weighted by atomic mass is 14.8. The lowest BCUT2D eigenvalue weighted by Gasteiger charge is -2.20. The van der Waals surface area contributed by atoms with Gasteiger partial charge in [0.15, 0.2) is 0 Å². The molecule has 118 valence electrons. The molecule has 22 heavy (non-hydrogen) atoms. The maximum Gasteiger partial charge on any atom is 0.0262 e.